The Hall–Kier alpha value is -3.08. The van der Waals surface area contributed by atoms with E-state index in [0.717, 1.165) is 79.6 Å². The fourth-order valence-corrected chi connectivity index (χ4v) is 5.51. The summed E-state index contributed by atoms with van der Waals surface area (Å²) in [5.41, 5.74) is 2.81. The number of morpholine rings is 1. The highest BCUT2D eigenvalue weighted by atomic mass is 16.5. The van der Waals surface area contributed by atoms with Gasteiger partial charge in [0.2, 0.25) is 5.95 Å². The molecular weight excluding hydrogens is 456 g/mol. The number of hydrogen-bond acceptors (Lipinski definition) is 8. The predicted octanol–water partition coefficient (Wildman–Crippen LogP) is 2.82. The highest BCUT2D eigenvalue weighted by Gasteiger charge is 2.31. The molecule has 2 N–H and O–H groups in total. The standard InChI is InChI=1S/C26H34N8O2/c1-17-27-19-6-4-5-7-20(19)34(17)25-30-23-22(24(31-25)33-12-14-36-15-13-33)28-21(29-23)16-32-10-8-18(9-11-32)26(2,3)35/h4-7,18,35H,8-16H2,1-3H3,(H,28,29,30,31). The summed E-state index contributed by atoms with van der Waals surface area (Å²) in [6.45, 7) is 11.3. The van der Waals surface area contributed by atoms with E-state index < -0.39 is 5.60 Å². The van der Waals surface area contributed by atoms with Gasteiger partial charge in [-0.2, -0.15) is 9.97 Å². The quantitative estimate of drug-likeness (QED) is 0.440. The number of benzene rings is 1. The number of aromatic nitrogens is 6. The number of imidazole rings is 2. The minimum atomic E-state index is -0.625. The van der Waals surface area contributed by atoms with E-state index in [9.17, 15) is 5.11 Å². The van der Waals surface area contributed by atoms with Crippen LogP contribution in [-0.4, -0.2) is 84.5 Å². The Morgan fingerprint density at radius 1 is 1.03 bits per heavy atom. The molecule has 6 rings (SSSR count). The minimum absolute atomic E-state index is 0.332. The molecule has 2 aliphatic heterocycles. The molecule has 2 saturated heterocycles. The second-order valence-corrected chi connectivity index (χ2v) is 10.5. The Balaban J connectivity index is 1.36. The van der Waals surface area contributed by atoms with Crippen molar-refractivity contribution in [1.82, 2.24) is 34.4 Å². The first kappa shape index (κ1) is 23.3. The largest absolute Gasteiger partial charge is 0.390 e. The first-order valence-electron chi connectivity index (χ1n) is 12.9. The van der Waals surface area contributed by atoms with Crippen molar-refractivity contribution in [1.29, 1.82) is 0 Å². The van der Waals surface area contributed by atoms with Gasteiger partial charge in [0.1, 0.15) is 17.2 Å². The third kappa shape index (κ3) is 4.33. The van der Waals surface area contributed by atoms with Crippen LogP contribution in [0.1, 0.15) is 38.3 Å². The van der Waals surface area contributed by atoms with Crippen LogP contribution in [0.5, 0.6) is 0 Å². The van der Waals surface area contributed by atoms with Gasteiger partial charge in [0.15, 0.2) is 11.5 Å². The number of aliphatic hydroxyl groups is 1. The lowest BCUT2D eigenvalue weighted by molar-refractivity contribution is -0.0138. The van der Waals surface area contributed by atoms with Crippen molar-refractivity contribution in [3.63, 3.8) is 0 Å². The SMILES string of the molecule is Cc1nc2ccccc2n1-c1nc(N2CCOCC2)c2[nH]c(CN3CCC(C(C)(C)O)CC3)nc2n1. The van der Waals surface area contributed by atoms with Crippen molar-refractivity contribution in [2.75, 3.05) is 44.3 Å². The Kier molecular flexibility index (Phi) is 5.89. The Labute approximate surface area is 210 Å². The van der Waals surface area contributed by atoms with Gasteiger partial charge in [-0.05, 0) is 64.8 Å². The summed E-state index contributed by atoms with van der Waals surface area (Å²) in [7, 11) is 0. The van der Waals surface area contributed by atoms with Crippen molar-refractivity contribution in [3.05, 3.63) is 35.9 Å². The average molecular weight is 491 g/mol. The normalized spacial score (nSPS) is 18.5. The van der Waals surface area contributed by atoms with Crippen LogP contribution in [-0.2, 0) is 11.3 Å². The first-order chi connectivity index (χ1) is 17.4. The van der Waals surface area contributed by atoms with Crippen LogP contribution >= 0.6 is 0 Å². The summed E-state index contributed by atoms with van der Waals surface area (Å²) >= 11 is 0. The van der Waals surface area contributed by atoms with Crippen molar-refractivity contribution in [2.24, 2.45) is 5.92 Å². The maximum atomic E-state index is 10.4. The van der Waals surface area contributed by atoms with Crippen molar-refractivity contribution in [3.8, 4) is 5.95 Å². The second kappa shape index (κ2) is 9.10. The van der Waals surface area contributed by atoms with Gasteiger partial charge in [-0.1, -0.05) is 12.1 Å². The molecule has 0 atom stereocenters. The third-order valence-corrected chi connectivity index (χ3v) is 7.57. The number of para-hydroxylation sites is 2. The molecule has 0 saturated carbocycles. The van der Waals surface area contributed by atoms with Gasteiger partial charge >= 0.3 is 0 Å². The summed E-state index contributed by atoms with van der Waals surface area (Å²) in [6, 6.07) is 8.06. The lowest BCUT2D eigenvalue weighted by atomic mass is 9.83. The molecule has 2 aliphatic rings. The molecule has 36 heavy (non-hydrogen) atoms. The lowest BCUT2D eigenvalue weighted by Gasteiger charge is -2.37. The number of rotatable bonds is 5. The van der Waals surface area contributed by atoms with Crippen molar-refractivity contribution in [2.45, 2.75) is 45.8 Å². The van der Waals surface area contributed by atoms with E-state index in [1.54, 1.807) is 0 Å². The van der Waals surface area contributed by atoms with Gasteiger partial charge in [0.05, 0.1) is 36.4 Å². The van der Waals surface area contributed by atoms with E-state index in [-0.39, 0.29) is 0 Å². The van der Waals surface area contributed by atoms with E-state index in [1.165, 1.54) is 0 Å². The molecule has 0 aliphatic carbocycles. The zero-order chi connectivity index (χ0) is 24.9. The minimum Gasteiger partial charge on any atom is -0.390 e. The second-order valence-electron chi connectivity index (χ2n) is 10.5. The molecule has 2 fully saturated rings. The number of likely N-dealkylation sites (tertiary alicyclic amines) is 1. The predicted molar refractivity (Wildman–Crippen MR) is 138 cm³/mol. The zero-order valence-corrected chi connectivity index (χ0v) is 21.2. The molecule has 10 nitrogen and oxygen atoms in total. The number of H-pyrrole nitrogens is 1. The fourth-order valence-electron chi connectivity index (χ4n) is 5.51. The first-order valence-corrected chi connectivity index (χ1v) is 12.9. The van der Waals surface area contributed by atoms with E-state index in [0.29, 0.717) is 30.7 Å². The number of hydrogen-bond donors (Lipinski definition) is 2. The Morgan fingerprint density at radius 2 is 1.78 bits per heavy atom. The number of nitrogens with zero attached hydrogens (tertiary/aromatic N) is 7. The molecule has 10 heteroatoms. The molecule has 0 amide bonds. The molecule has 0 unspecified atom stereocenters. The third-order valence-electron chi connectivity index (χ3n) is 7.57. The molecular formula is C26H34N8O2. The highest BCUT2D eigenvalue weighted by molar-refractivity contribution is 5.85. The van der Waals surface area contributed by atoms with Crippen molar-refractivity contribution >= 4 is 28.0 Å². The number of aromatic amines is 1. The molecule has 190 valence electrons. The number of nitrogens with one attached hydrogen (secondary N) is 1. The number of anilines is 1. The van der Waals surface area contributed by atoms with Crippen LogP contribution in [0, 0.1) is 12.8 Å². The number of fused-ring (bicyclic) bond motifs is 2. The van der Waals surface area contributed by atoms with Crippen LogP contribution < -0.4 is 4.90 Å². The lowest BCUT2D eigenvalue weighted by Crippen LogP contribution is -2.41. The molecule has 0 bridgehead atoms. The maximum absolute atomic E-state index is 10.4. The zero-order valence-electron chi connectivity index (χ0n) is 21.2. The van der Waals surface area contributed by atoms with Crippen LogP contribution in [0.15, 0.2) is 24.3 Å². The van der Waals surface area contributed by atoms with Crippen LogP contribution in [0.2, 0.25) is 0 Å². The molecule has 3 aromatic heterocycles. The van der Waals surface area contributed by atoms with E-state index >= 15 is 0 Å². The van der Waals surface area contributed by atoms with E-state index in [1.807, 2.05) is 49.6 Å². The van der Waals surface area contributed by atoms with Crippen LogP contribution in [0.3, 0.4) is 0 Å². The van der Waals surface area contributed by atoms with Crippen molar-refractivity contribution < 1.29 is 9.84 Å². The van der Waals surface area contributed by atoms with Crippen LogP contribution in [0.25, 0.3) is 28.1 Å². The summed E-state index contributed by atoms with van der Waals surface area (Å²) in [5.74, 6) is 3.50. The van der Waals surface area contributed by atoms with Gasteiger partial charge in [-0.3, -0.25) is 9.47 Å². The number of ether oxygens (including phenoxy) is 1. The molecule has 0 radical (unpaired) electrons. The van der Waals surface area contributed by atoms with Gasteiger partial charge in [-0.15, -0.1) is 0 Å². The summed E-state index contributed by atoms with van der Waals surface area (Å²) in [6.07, 6.45) is 1.97. The van der Waals surface area contributed by atoms with Crippen LogP contribution in [0.4, 0.5) is 5.82 Å². The van der Waals surface area contributed by atoms with E-state index in [2.05, 4.69) is 14.8 Å². The van der Waals surface area contributed by atoms with Gasteiger partial charge in [-0.25, -0.2) is 9.97 Å². The number of aryl methyl sites for hydroxylation is 1. The molecule has 4 aromatic rings. The Morgan fingerprint density at radius 3 is 2.53 bits per heavy atom. The topological polar surface area (TPSA) is 108 Å². The highest BCUT2D eigenvalue weighted by Crippen LogP contribution is 2.30. The maximum Gasteiger partial charge on any atom is 0.239 e. The van der Waals surface area contributed by atoms with Gasteiger partial charge in [0, 0.05) is 13.1 Å². The smallest absolute Gasteiger partial charge is 0.239 e. The fraction of sp³-hybridized carbons (Fsp3) is 0.538. The Bertz CT molecular complexity index is 1370. The summed E-state index contributed by atoms with van der Waals surface area (Å²) < 4.78 is 7.61. The molecule has 5 heterocycles. The summed E-state index contributed by atoms with van der Waals surface area (Å²) in [4.78, 5) is 27.8. The average Bonchev–Trinajstić information content (AvgIpc) is 3.43. The number of piperidine rings is 1. The van der Waals surface area contributed by atoms with E-state index in [4.69, 9.17) is 24.7 Å². The van der Waals surface area contributed by atoms with Gasteiger partial charge < -0.3 is 19.7 Å². The monoisotopic (exact) mass is 490 g/mol. The molecule has 0 spiro atoms. The summed E-state index contributed by atoms with van der Waals surface area (Å²) in [5, 5.41) is 10.4. The van der Waals surface area contributed by atoms with Gasteiger partial charge in [0.25, 0.3) is 0 Å². The molecule has 1 aromatic carbocycles.